The molecule has 1 saturated heterocycles. The minimum atomic E-state index is -0.507. The summed E-state index contributed by atoms with van der Waals surface area (Å²) in [5, 5.41) is 0.901. The van der Waals surface area contributed by atoms with Crippen LogP contribution < -0.4 is 10.5 Å². The predicted octanol–water partition coefficient (Wildman–Crippen LogP) is 3.54. The summed E-state index contributed by atoms with van der Waals surface area (Å²) in [4.78, 5) is 35.9. The van der Waals surface area contributed by atoms with Crippen molar-refractivity contribution in [3.8, 4) is 0 Å². The molecule has 2 aromatic rings. The van der Waals surface area contributed by atoms with Crippen molar-refractivity contribution in [3.05, 3.63) is 34.7 Å². The van der Waals surface area contributed by atoms with Gasteiger partial charge in [0.15, 0.2) is 0 Å². The largest absolute Gasteiger partial charge is 0.444 e. The molecule has 3 heterocycles. The van der Waals surface area contributed by atoms with Crippen LogP contribution in [0.2, 0.25) is 0 Å². The van der Waals surface area contributed by atoms with Gasteiger partial charge in [-0.25, -0.2) is 9.78 Å². The molecule has 7 heteroatoms. The maximum absolute atomic E-state index is 13.0. The molecule has 0 spiro atoms. The Morgan fingerprint density at radius 3 is 2.83 bits per heavy atom. The van der Waals surface area contributed by atoms with Gasteiger partial charge >= 0.3 is 6.09 Å². The van der Waals surface area contributed by atoms with E-state index in [0.717, 1.165) is 37.1 Å². The first-order chi connectivity index (χ1) is 13.6. The Balaban J connectivity index is 1.55. The zero-order chi connectivity index (χ0) is 20.8. The van der Waals surface area contributed by atoms with Crippen molar-refractivity contribution in [2.24, 2.45) is 5.92 Å². The van der Waals surface area contributed by atoms with E-state index < -0.39 is 5.60 Å². The number of carbonyl (C=O) groups excluding carboxylic acids is 1. The van der Waals surface area contributed by atoms with Gasteiger partial charge in [-0.1, -0.05) is 0 Å². The van der Waals surface area contributed by atoms with Crippen LogP contribution in [-0.2, 0) is 4.74 Å². The van der Waals surface area contributed by atoms with Crippen LogP contribution in [0.5, 0.6) is 0 Å². The molecular formula is C22H30N4O3. The molecule has 2 fully saturated rings. The Hall–Kier alpha value is -2.57. The minimum Gasteiger partial charge on any atom is -0.444 e. The third-order valence-corrected chi connectivity index (χ3v) is 5.78. The fraction of sp³-hybridized carbons (Fsp3) is 0.591. The first kappa shape index (κ1) is 19.7. The maximum Gasteiger partial charge on any atom is 0.410 e. The molecule has 1 atom stereocenters. The lowest BCUT2D eigenvalue weighted by Crippen LogP contribution is -2.53. The lowest BCUT2D eigenvalue weighted by atomic mass is 9.98. The monoisotopic (exact) mass is 398 g/mol. The molecule has 1 aliphatic carbocycles. The highest BCUT2D eigenvalue weighted by Crippen LogP contribution is 2.37. The smallest absolute Gasteiger partial charge is 0.410 e. The quantitative estimate of drug-likeness (QED) is 0.852. The number of hydrogen-bond donors (Lipinski definition) is 1. The van der Waals surface area contributed by atoms with Crippen molar-refractivity contribution in [1.82, 2.24) is 14.9 Å². The molecule has 156 valence electrons. The molecular weight excluding hydrogens is 368 g/mol. The second-order valence-electron chi connectivity index (χ2n) is 9.66. The molecule has 0 bridgehead atoms. The van der Waals surface area contributed by atoms with Crippen LogP contribution in [0.15, 0.2) is 29.2 Å². The van der Waals surface area contributed by atoms with Gasteiger partial charge in [0.2, 0.25) is 5.56 Å². The van der Waals surface area contributed by atoms with Gasteiger partial charge in [-0.05, 0) is 65.0 Å². The lowest BCUT2D eigenvalue weighted by Gasteiger charge is -2.39. The topological polar surface area (TPSA) is 78.5 Å². The number of H-pyrrole nitrogens is 1. The van der Waals surface area contributed by atoms with Crippen molar-refractivity contribution in [2.45, 2.75) is 58.1 Å². The molecule has 0 radical (unpaired) electrons. The number of fused-ring (bicyclic) bond motifs is 1. The van der Waals surface area contributed by atoms with Crippen LogP contribution in [0, 0.1) is 5.92 Å². The number of amides is 1. The van der Waals surface area contributed by atoms with E-state index in [1.165, 1.54) is 18.9 Å². The van der Waals surface area contributed by atoms with Gasteiger partial charge in [-0.3, -0.25) is 4.79 Å². The van der Waals surface area contributed by atoms with Gasteiger partial charge in [-0.15, -0.1) is 0 Å². The molecule has 0 aromatic carbocycles. The second-order valence-corrected chi connectivity index (χ2v) is 9.66. The zero-order valence-corrected chi connectivity index (χ0v) is 17.7. The van der Waals surface area contributed by atoms with E-state index in [1.54, 1.807) is 12.3 Å². The van der Waals surface area contributed by atoms with E-state index in [4.69, 9.17) is 4.74 Å². The zero-order valence-electron chi connectivity index (χ0n) is 17.7. The van der Waals surface area contributed by atoms with Crippen molar-refractivity contribution in [2.75, 3.05) is 24.5 Å². The summed E-state index contributed by atoms with van der Waals surface area (Å²) in [6.45, 7) is 10.2. The van der Waals surface area contributed by atoms with Gasteiger partial charge in [0, 0.05) is 31.1 Å². The van der Waals surface area contributed by atoms with E-state index >= 15 is 0 Å². The number of hydrogen-bond acceptors (Lipinski definition) is 5. The molecule has 1 amide bonds. The SMILES string of the molecule is CC(C)(C)OC(=O)N(CC1CC1)[C@]1(C)CCN(c2cnc3[nH]c(=O)ccc3c2)C1. The number of nitrogens with one attached hydrogen (secondary N) is 1. The fourth-order valence-corrected chi connectivity index (χ4v) is 3.98. The van der Waals surface area contributed by atoms with Gasteiger partial charge in [-0.2, -0.15) is 0 Å². The van der Waals surface area contributed by atoms with Crippen molar-refractivity contribution >= 4 is 22.8 Å². The van der Waals surface area contributed by atoms with Crippen molar-refractivity contribution in [1.29, 1.82) is 0 Å². The van der Waals surface area contributed by atoms with Gasteiger partial charge in [0.1, 0.15) is 11.2 Å². The Morgan fingerprint density at radius 1 is 1.38 bits per heavy atom. The van der Waals surface area contributed by atoms with Crippen LogP contribution in [0.1, 0.15) is 47.0 Å². The Bertz CT molecular complexity index is 976. The molecule has 29 heavy (non-hydrogen) atoms. The summed E-state index contributed by atoms with van der Waals surface area (Å²) in [5.74, 6) is 0.590. The number of aromatic nitrogens is 2. The second kappa shape index (κ2) is 7.04. The van der Waals surface area contributed by atoms with Crippen LogP contribution in [0.4, 0.5) is 10.5 Å². The molecule has 0 unspecified atom stereocenters. The van der Waals surface area contributed by atoms with Crippen molar-refractivity contribution < 1.29 is 9.53 Å². The summed E-state index contributed by atoms with van der Waals surface area (Å²) in [6.07, 6.45) is 4.83. The van der Waals surface area contributed by atoms with Gasteiger partial charge in [0.05, 0.1) is 17.4 Å². The van der Waals surface area contributed by atoms with E-state index in [9.17, 15) is 9.59 Å². The van der Waals surface area contributed by atoms with E-state index in [2.05, 4.69) is 21.8 Å². The normalized spacial score (nSPS) is 22.1. The summed E-state index contributed by atoms with van der Waals surface area (Å²) in [5.41, 5.74) is 0.646. The highest BCUT2D eigenvalue weighted by atomic mass is 16.6. The number of carbonyl (C=O) groups is 1. The minimum absolute atomic E-state index is 0.153. The number of ether oxygens (including phenoxy) is 1. The van der Waals surface area contributed by atoms with Crippen LogP contribution in [-0.4, -0.2) is 51.7 Å². The fourth-order valence-electron chi connectivity index (χ4n) is 3.98. The summed E-state index contributed by atoms with van der Waals surface area (Å²) < 4.78 is 5.74. The van der Waals surface area contributed by atoms with Gasteiger partial charge < -0.3 is 19.5 Å². The number of nitrogens with zero attached hydrogens (tertiary/aromatic N) is 3. The molecule has 1 aliphatic heterocycles. The third-order valence-electron chi connectivity index (χ3n) is 5.78. The highest BCUT2D eigenvalue weighted by molar-refractivity contribution is 5.78. The Kier molecular flexibility index (Phi) is 4.79. The Labute approximate surface area is 171 Å². The molecule has 4 rings (SSSR count). The number of pyridine rings is 2. The maximum atomic E-state index is 13.0. The van der Waals surface area contributed by atoms with Crippen LogP contribution in [0.3, 0.4) is 0 Å². The third kappa shape index (κ3) is 4.38. The standard InChI is InChI=1S/C22H30N4O3/c1-21(2,3)29-20(28)26(13-15-5-6-15)22(4)9-10-25(14-22)17-11-16-7-8-18(27)24-19(16)23-12-17/h7-8,11-12,15H,5-6,9-10,13-14H2,1-4H3,(H,23,24,27)/t22-/m1/s1. The van der Waals surface area contributed by atoms with E-state index in [1.807, 2.05) is 31.7 Å². The number of rotatable bonds is 4. The first-order valence-corrected chi connectivity index (χ1v) is 10.4. The summed E-state index contributed by atoms with van der Waals surface area (Å²) in [6, 6.07) is 5.35. The van der Waals surface area contributed by atoms with E-state index in [-0.39, 0.29) is 17.2 Å². The average Bonchev–Trinajstić information content (AvgIpc) is 3.38. The summed E-state index contributed by atoms with van der Waals surface area (Å²) >= 11 is 0. The summed E-state index contributed by atoms with van der Waals surface area (Å²) in [7, 11) is 0. The molecule has 1 N–H and O–H groups in total. The predicted molar refractivity (Wildman–Crippen MR) is 113 cm³/mol. The Morgan fingerprint density at radius 2 is 2.14 bits per heavy atom. The molecule has 7 nitrogen and oxygen atoms in total. The molecule has 2 aromatic heterocycles. The van der Waals surface area contributed by atoms with Crippen LogP contribution >= 0.6 is 0 Å². The van der Waals surface area contributed by atoms with Crippen molar-refractivity contribution in [3.63, 3.8) is 0 Å². The first-order valence-electron chi connectivity index (χ1n) is 10.4. The van der Waals surface area contributed by atoms with E-state index in [0.29, 0.717) is 11.6 Å². The molecule has 2 aliphatic rings. The van der Waals surface area contributed by atoms with Gasteiger partial charge in [0.25, 0.3) is 0 Å². The molecule has 1 saturated carbocycles. The number of anilines is 1. The highest BCUT2D eigenvalue weighted by Gasteiger charge is 2.45. The number of aromatic amines is 1. The van der Waals surface area contributed by atoms with Crippen LogP contribution in [0.25, 0.3) is 11.0 Å². The lowest BCUT2D eigenvalue weighted by molar-refractivity contribution is 0.00222. The average molecular weight is 399 g/mol.